The summed E-state index contributed by atoms with van der Waals surface area (Å²) in [6, 6.07) is 0.680. The first kappa shape index (κ1) is 11.6. The maximum absolute atomic E-state index is 4.27. The van der Waals surface area contributed by atoms with Gasteiger partial charge in [0.1, 0.15) is 11.6 Å². The van der Waals surface area contributed by atoms with Crippen LogP contribution in [0.15, 0.2) is 0 Å². The van der Waals surface area contributed by atoms with Crippen LogP contribution in [0.1, 0.15) is 51.3 Å². The van der Waals surface area contributed by atoms with Crippen LogP contribution in [0.25, 0.3) is 0 Å². The number of nitrogens with zero attached hydrogens (tertiary/aromatic N) is 3. The van der Waals surface area contributed by atoms with Gasteiger partial charge in [0.25, 0.3) is 0 Å². The van der Waals surface area contributed by atoms with Gasteiger partial charge in [-0.05, 0) is 40.5 Å². The molecule has 0 saturated heterocycles. The van der Waals surface area contributed by atoms with Gasteiger partial charge in [-0.25, -0.2) is 0 Å². The normalized spacial score (nSPS) is 16.8. The lowest BCUT2D eigenvalue weighted by atomic mass is 10.1. The van der Waals surface area contributed by atoms with Gasteiger partial charge in [-0.1, -0.05) is 0 Å². The van der Waals surface area contributed by atoms with Crippen molar-refractivity contribution in [2.75, 3.05) is 6.54 Å². The van der Waals surface area contributed by atoms with Gasteiger partial charge in [0.15, 0.2) is 0 Å². The van der Waals surface area contributed by atoms with Crippen LogP contribution >= 0.6 is 0 Å². The topological polar surface area (TPSA) is 42.7 Å². The summed E-state index contributed by atoms with van der Waals surface area (Å²) in [5.41, 5.74) is 0.180. The largest absolute Gasteiger partial charge is 0.312 e. The Hall–Kier alpha value is -0.900. The van der Waals surface area contributed by atoms with Crippen molar-refractivity contribution >= 4 is 0 Å². The highest BCUT2D eigenvalue weighted by Crippen LogP contribution is 2.36. The summed E-state index contributed by atoms with van der Waals surface area (Å²) >= 11 is 0. The molecule has 0 radical (unpaired) electrons. The molecule has 4 nitrogen and oxygen atoms in total. The van der Waals surface area contributed by atoms with Crippen molar-refractivity contribution in [3.8, 4) is 0 Å². The van der Waals surface area contributed by atoms with Crippen molar-refractivity contribution < 1.29 is 0 Å². The number of hydrogen-bond donors (Lipinski definition) is 1. The van der Waals surface area contributed by atoms with E-state index in [9.17, 15) is 0 Å². The average Bonchev–Trinajstić information content (AvgIpc) is 2.91. The minimum absolute atomic E-state index is 0.180. The van der Waals surface area contributed by atoms with Crippen molar-refractivity contribution in [1.82, 2.24) is 20.1 Å². The Labute approximate surface area is 97.5 Å². The summed E-state index contributed by atoms with van der Waals surface area (Å²) in [5, 5.41) is 11.9. The predicted octanol–water partition coefficient (Wildman–Crippen LogP) is 1.85. The van der Waals surface area contributed by atoms with E-state index < -0.39 is 0 Å². The number of rotatable bonds is 4. The van der Waals surface area contributed by atoms with Crippen molar-refractivity contribution in [3.63, 3.8) is 0 Å². The quantitative estimate of drug-likeness (QED) is 0.845. The Bertz CT molecular complexity index is 358. The summed E-state index contributed by atoms with van der Waals surface area (Å²) in [4.78, 5) is 0. The predicted molar refractivity (Wildman–Crippen MR) is 64.5 cm³/mol. The van der Waals surface area contributed by atoms with Gasteiger partial charge >= 0.3 is 0 Å². The van der Waals surface area contributed by atoms with E-state index in [4.69, 9.17) is 0 Å². The zero-order chi connectivity index (χ0) is 11.8. The van der Waals surface area contributed by atoms with E-state index in [0.29, 0.717) is 6.04 Å². The smallest absolute Gasteiger partial charge is 0.134 e. The van der Waals surface area contributed by atoms with Gasteiger partial charge in [-0.2, -0.15) is 0 Å². The number of aryl methyl sites for hydroxylation is 1. The molecular formula is C12H22N4. The van der Waals surface area contributed by atoms with Crippen LogP contribution in [0.3, 0.4) is 0 Å². The molecule has 1 fully saturated rings. The number of aromatic nitrogens is 3. The standard InChI is InChI=1S/C12H22N4/c1-9-14-15-11(16(9)10-5-6-10)7-8-13-12(2,3)4/h10,13H,5-8H2,1-4H3. The Kier molecular flexibility index (Phi) is 3.02. The molecule has 1 heterocycles. The van der Waals surface area contributed by atoms with E-state index in [1.54, 1.807) is 0 Å². The second-order valence-corrected chi connectivity index (χ2v) is 5.69. The summed E-state index contributed by atoms with van der Waals surface area (Å²) in [7, 11) is 0. The SMILES string of the molecule is Cc1nnc(CCNC(C)(C)C)n1C1CC1. The second-order valence-electron chi connectivity index (χ2n) is 5.69. The van der Waals surface area contributed by atoms with E-state index in [2.05, 4.69) is 40.9 Å². The Morgan fingerprint density at radius 2 is 2.00 bits per heavy atom. The van der Waals surface area contributed by atoms with E-state index in [-0.39, 0.29) is 5.54 Å². The van der Waals surface area contributed by atoms with Crippen LogP contribution in [-0.4, -0.2) is 26.8 Å². The number of nitrogens with one attached hydrogen (secondary N) is 1. The molecular weight excluding hydrogens is 200 g/mol. The van der Waals surface area contributed by atoms with Crippen molar-refractivity contribution in [2.24, 2.45) is 0 Å². The van der Waals surface area contributed by atoms with E-state index >= 15 is 0 Å². The van der Waals surface area contributed by atoms with Crippen LogP contribution in [0.2, 0.25) is 0 Å². The fraction of sp³-hybridized carbons (Fsp3) is 0.833. The third kappa shape index (κ3) is 2.82. The van der Waals surface area contributed by atoms with E-state index in [0.717, 1.165) is 24.6 Å². The molecule has 2 rings (SSSR count). The average molecular weight is 222 g/mol. The summed E-state index contributed by atoms with van der Waals surface area (Å²) in [6.07, 6.45) is 3.55. The first-order chi connectivity index (χ1) is 7.47. The van der Waals surface area contributed by atoms with Gasteiger partial charge in [-0.3, -0.25) is 0 Å². The first-order valence-electron chi connectivity index (χ1n) is 6.13. The van der Waals surface area contributed by atoms with Gasteiger partial charge in [0.2, 0.25) is 0 Å². The molecule has 1 aromatic rings. The molecule has 1 aromatic heterocycles. The van der Waals surface area contributed by atoms with E-state index in [1.807, 2.05) is 6.92 Å². The van der Waals surface area contributed by atoms with Crippen molar-refractivity contribution in [1.29, 1.82) is 0 Å². The summed E-state index contributed by atoms with van der Waals surface area (Å²) in [5.74, 6) is 2.20. The van der Waals surface area contributed by atoms with Crippen molar-refractivity contribution in [2.45, 2.75) is 58.5 Å². The molecule has 1 aliphatic carbocycles. The lowest BCUT2D eigenvalue weighted by Gasteiger charge is -2.20. The molecule has 0 aromatic carbocycles. The maximum atomic E-state index is 4.27. The van der Waals surface area contributed by atoms with Gasteiger partial charge in [0.05, 0.1) is 0 Å². The molecule has 1 N–H and O–H groups in total. The fourth-order valence-electron chi connectivity index (χ4n) is 1.94. The van der Waals surface area contributed by atoms with Crippen LogP contribution < -0.4 is 5.32 Å². The third-order valence-corrected chi connectivity index (χ3v) is 2.85. The van der Waals surface area contributed by atoms with Crippen LogP contribution in [0, 0.1) is 6.92 Å². The number of hydrogen-bond acceptors (Lipinski definition) is 3. The molecule has 1 aliphatic rings. The molecule has 4 heteroatoms. The lowest BCUT2D eigenvalue weighted by Crippen LogP contribution is -2.37. The zero-order valence-corrected chi connectivity index (χ0v) is 10.7. The fourth-order valence-corrected chi connectivity index (χ4v) is 1.94. The van der Waals surface area contributed by atoms with Gasteiger partial charge in [-0.15, -0.1) is 10.2 Å². The molecule has 0 spiro atoms. The molecule has 0 amide bonds. The molecule has 0 bridgehead atoms. The molecule has 0 atom stereocenters. The van der Waals surface area contributed by atoms with Gasteiger partial charge < -0.3 is 9.88 Å². The molecule has 16 heavy (non-hydrogen) atoms. The van der Waals surface area contributed by atoms with Crippen LogP contribution in [-0.2, 0) is 6.42 Å². The monoisotopic (exact) mass is 222 g/mol. The summed E-state index contributed by atoms with van der Waals surface area (Å²) in [6.45, 7) is 9.57. The second kappa shape index (κ2) is 4.17. The highest BCUT2D eigenvalue weighted by Gasteiger charge is 2.27. The van der Waals surface area contributed by atoms with Crippen LogP contribution in [0.5, 0.6) is 0 Å². The molecule has 90 valence electrons. The lowest BCUT2D eigenvalue weighted by molar-refractivity contribution is 0.425. The minimum Gasteiger partial charge on any atom is -0.312 e. The zero-order valence-electron chi connectivity index (χ0n) is 10.7. The molecule has 0 unspecified atom stereocenters. The highest BCUT2D eigenvalue weighted by atomic mass is 15.3. The Balaban J connectivity index is 1.94. The van der Waals surface area contributed by atoms with E-state index in [1.165, 1.54) is 12.8 Å². The minimum atomic E-state index is 0.180. The maximum Gasteiger partial charge on any atom is 0.134 e. The molecule has 1 saturated carbocycles. The van der Waals surface area contributed by atoms with Crippen LogP contribution in [0.4, 0.5) is 0 Å². The van der Waals surface area contributed by atoms with Gasteiger partial charge in [0, 0.05) is 24.5 Å². The Morgan fingerprint density at radius 3 is 2.56 bits per heavy atom. The third-order valence-electron chi connectivity index (χ3n) is 2.85. The summed E-state index contributed by atoms with van der Waals surface area (Å²) < 4.78 is 2.31. The highest BCUT2D eigenvalue weighted by molar-refractivity contribution is 5.01. The molecule has 0 aliphatic heterocycles. The van der Waals surface area contributed by atoms with Crippen molar-refractivity contribution in [3.05, 3.63) is 11.6 Å². The Morgan fingerprint density at radius 1 is 1.31 bits per heavy atom. The first-order valence-corrected chi connectivity index (χ1v) is 6.13.